The Hall–Kier alpha value is -1.31. The zero-order chi connectivity index (χ0) is 20.9. The van der Waals surface area contributed by atoms with E-state index >= 15 is 0 Å². The second-order valence-electron chi connectivity index (χ2n) is 8.82. The molecule has 0 saturated carbocycles. The third-order valence-corrected chi connectivity index (χ3v) is 27.2. The van der Waals surface area contributed by atoms with Crippen molar-refractivity contribution in [2.45, 2.75) is 55.0 Å². The number of hydrogen-bond acceptors (Lipinski definition) is 1. The van der Waals surface area contributed by atoms with E-state index in [-0.39, 0.29) is 5.43 Å². The SMILES string of the molecule is CC1=C(C)[CH]([Zr]([CH]2C(C)=C(c3cccnc3)c3ccccc32)=[Si](C)C)C(C)=C1C. The third-order valence-electron chi connectivity index (χ3n) is 7.13. The summed E-state index contributed by atoms with van der Waals surface area (Å²) in [7, 11) is 0. The number of benzene rings is 1. The van der Waals surface area contributed by atoms with E-state index in [1.165, 1.54) is 16.7 Å². The van der Waals surface area contributed by atoms with Gasteiger partial charge in [0, 0.05) is 0 Å². The average molecular weight is 477 g/mol. The van der Waals surface area contributed by atoms with E-state index in [4.69, 9.17) is 0 Å². The minimum atomic E-state index is -1.91. The van der Waals surface area contributed by atoms with Crippen LogP contribution in [0.3, 0.4) is 0 Å². The van der Waals surface area contributed by atoms with Crippen LogP contribution in [0.2, 0.25) is 16.7 Å². The first-order chi connectivity index (χ1) is 13.8. The fourth-order valence-corrected chi connectivity index (χ4v) is 27.0. The molecule has 0 fully saturated rings. The molecule has 0 radical (unpaired) electrons. The first-order valence-corrected chi connectivity index (χ1v) is 19.6. The van der Waals surface area contributed by atoms with Gasteiger partial charge in [-0.15, -0.1) is 0 Å². The van der Waals surface area contributed by atoms with E-state index in [2.05, 4.69) is 89.1 Å². The van der Waals surface area contributed by atoms with Gasteiger partial charge in [-0.05, 0) is 0 Å². The van der Waals surface area contributed by atoms with Crippen molar-refractivity contribution < 1.29 is 20.4 Å². The predicted octanol–water partition coefficient (Wildman–Crippen LogP) is 7.30. The van der Waals surface area contributed by atoms with Crippen molar-refractivity contribution in [2.75, 3.05) is 0 Å². The summed E-state index contributed by atoms with van der Waals surface area (Å²) in [6.45, 7) is 17.2. The van der Waals surface area contributed by atoms with Gasteiger partial charge in [0.25, 0.3) is 0 Å². The van der Waals surface area contributed by atoms with Crippen LogP contribution < -0.4 is 0 Å². The maximum absolute atomic E-state index is 4.44. The van der Waals surface area contributed by atoms with E-state index in [0.29, 0.717) is 3.63 Å². The number of fused-ring (bicyclic) bond motifs is 1. The van der Waals surface area contributed by atoms with Crippen LogP contribution in [0.5, 0.6) is 0 Å². The molecule has 4 rings (SSSR count). The van der Waals surface area contributed by atoms with Crippen molar-refractivity contribution in [3.63, 3.8) is 0 Å². The number of rotatable bonds is 3. The van der Waals surface area contributed by atoms with Gasteiger partial charge in [0.05, 0.1) is 0 Å². The quantitative estimate of drug-likeness (QED) is 0.423. The average Bonchev–Trinajstić information content (AvgIpc) is 3.10. The van der Waals surface area contributed by atoms with Gasteiger partial charge in [0.1, 0.15) is 0 Å². The molecule has 29 heavy (non-hydrogen) atoms. The molecular formula is C26H31NSiZr. The third kappa shape index (κ3) is 3.35. The molecule has 0 N–H and O–H groups in total. The van der Waals surface area contributed by atoms with Crippen LogP contribution in [-0.2, 0) is 20.4 Å². The first kappa shape index (κ1) is 20.9. The molecule has 2 aliphatic carbocycles. The minimum absolute atomic E-state index is 0.351. The molecule has 1 aromatic heterocycles. The topological polar surface area (TPSA) is 12.9 Å². The van der Waals surface area contributed by atoms with Gasteiger partial charge >= 0.3 is 185 Å². The normalized spacial score (nSPS) is 19.3. The molecular weight excluding hydrogens is 446 g/mol. The molecule has 3 heteroatoms. The summed E-state index contributed by atoms with van der Waals surface area (Å²) in [5.41, 5.74) is 13.5. The second kappa shape index (κ2) is 8.08. The molecule has 148 valence electrons. The Morgan fingerprint density at radius 1 is 0.793 bits per heavy atom. The van der Waals surface area contributed by atoms with Gasteiger partial charge in [-0.25, -0.2) is 0 Å². The van der Waals surface area contributed by atoms with Gasteiger partial charge in [-0.2, -0.15) is 0 Å². The van der Waals surface area contributed by atoms with Crippen LogP contribution in [0, 0.1) is 0 Å². The Morgan fingerprint density at radius 2 is 1.45 bits per heavy atom. The van der Waals surface area contributed by atoms with Crippen LogP contribution in [0.1, 0.15) is 54.9 Å². The molecule has 1 nitrogen and oxygen atoms in total. The van der Waals surface area contributed by atoms with Gasteiger partial charge in [0.2, 0.25) is 0 Å². The van der Waals surface area contributed by atoms with Crippen LogP contribution in [0.25, 0.3) is 5.57 Å². The van der Waals surface area contributed by atoms with E-state index in [9.17, 15) is 0 Å². The second-order valence-corrected chi connectivity index (χ2v) is 26.7. The van der Waals surface area contributed by atoms with Gasteiger partial charge < -0.3 is 0 Å². The Morgan fingerprint density at radius 3 is 2.03 bits per heavy atom. The molecule has 0 aliphatic heterocycles. The predicted molar refractivity (Wildman–Crippen MR) is 123 cm³/mol. The zero-order valence-electron chi connectivity index (χ0n) is 18.7. The molecule has 1 aromatic carbocycles. The Labute approximate surface area is 183 Å². The molecule has 1 unspecified atom stereocenters. The Balaban J connectivity index is 1.96. The van der Waals surface area contributed by atoms with E-state index in [1.807, 2.05) is 12.4 Å². The van der Waals surface area contributed by atoms with Crippen molar-refractivity contribution >= 4 is 11.0 Å². The molecule has 0 saturated heterocycles. The molecule has 1 heterocycles. The summed E-state index contributed by atoms with van der Waals surface area (Å²) >= 11 is -1.91. The van der Waals surface area contributed by atoms with E-state index in [0.717, 1.165) is 3.63 Å². The molecule has 2 aliphatic rings. The summed E-state index contributed by atoms with van der Waals surface area (Å²) in [6, 6.07) is 13.5. The number of aromatic nitrogens is 1. The van der Waals surface area contributed by atoms with Gasteiger partial charge in [-0.1, -0.05) is 0 Å². The van der Waals surface area contributed by atoms with Crippen LogP contribution in [0.4, 0.5) is 0 Å². The van der Waals surface area contributed by atoms with Gasteiger partial charge in [0.15, 0.2) is 0 Å². The molecule has 0 spiro atoms. The van der Waals surface area contributed by atoms with Crippen molar-refractivity contribution in [3.8, 4) is 0 Å². The number of allylic oxidation sites excluding steroid dienone is 5. The number of hydrogen-bond donors (Lipinski definition) is 0. The van der Waals surface area contributed by atoms with Crippen LogP contribution >= 0.6 is 0 Å². The molecule has 1 atom stereocenters. The summed E-state index contributed by atoms with van der Waals surface area (Å²) < 4.78 is 1.45. The summed E-state index contributed by atoms with van der Waals surface area (Å²) in [5.74, 6) is 0. The maximum atomic E-state index is 4.44. The van der Waals surface area contributed by atoms with Gasteiger partial charge in [-0.3, -0.25) is 0 Å². The van der Waals surface area contributed by atoms with Crippen molar-refractivity contribution in [1.29, 1.82) is 0 Å². The fraction of sp³-hybridized carbons (Fsp3) is 0.346. The summed E-state index contributed by atoms with van der Waals surface area (Å²) in [6.07, 6.45) is 3.93. The van der Waals surface area contributed by atoms with Crippen molar-refractivity contribution in [1.82, 2.24) is 4.98 Å². The monoisotopic (exact) mass is 475 g/mol. The summed E-state index contributed by atoms with van der Waals surface area (Å²) in [5, 5.41) is 0. The molecule has 0 amide bonds. The Kier molecular flexibility index (Phi) is 5.84. The summed E-state index contributed by atoms with van der Waals surface area (Å²) in [4.78, 5) is 4.44. The number of pyridine rings is 1. The van der Waals surface area contributed by atoms with Crippen LogP contribution in [0.15, 0.2) is 76.7 Å². The van der Waals surface area contributed by atoms with Crippen molar-refractivity contribution in [3.05, 3.63) is 93.3 Å². The molecule has 2 aromatic rings. The van der Waals surface area contributed by atoms with Crippen molar-refractivity contribution in [2.24, 2.45) is 0 Å². The first-order valence-electron chi connectivity index (χ1n) is 10.6. The van der Waals surface area contributed by atoms with Crippen LogP contribution in [-0.4, -0.2) is 10.4 Å². The molecule has 0 bridgehead atoms. The number of nitrogens with zero attached hydrogens (tertiary/aromatic N) is 1. The standard InChI is InChI=1S/C15H12N.C9H13.C2H6Si.Zr/c1-11-9-12-5-2-3-7-14(12)15(11)13-6-4-8-16-10-13;1-6-5-7(2)9(4)8(6)3;1-3-2;/h2-10H,1H3;5H,1-4H3;1-2H3;. The van der Waals surface area contributed by atoms with E-state index < -0.39 is 20.4 Å². The fourth-order valence-electron chi connectivity index (χ4n) is 5.42. The Bertz CT molecular complexity index is 1090. The van der Waals surface area contributed by atoms with E-state index in [1.54, 1.807) is 33.4 Å². The zero-order valence-corrected chi connectivity index (χ0v) is 22.2.